The average Bonchev–Trinajstić information content (AvgIpc) is 3.23. The zero-order valence-electron chi connectivity index (χ0n) is 18.8. The van der Waals surface area contributed by atoms with Gasteiger partial charge < -0.3 is 0 Å². The fourth-order valence-electron chi connectivity index (χ4n) is 5.99. The van der Waals surface area contributed by atoms with Crippen LogP contribution in [0.3, 0.4) is 0 Å². The van der Waals surface area contributed by atoms with E-state index in [1.807, 2.05) is 0 Å². The van der Waals surface area contributed by atoms with Crippen molar-refractivity contribution >= 4 is 28.8 Å². The van der Waals surface area contributed by atoms with Crippen LogP contribution in [0.4, 0.5) is 0 Å². The van der Waals surface area contributed by atoms with Gasteiger partial charge in [-0.05, 0) is 80.8 Å². The molecule has 0 bridgehead atoms. The molecule has 0 saturated carbocycles. The topological polar surface area (TPSA) is 0 Å². The summed E-state index contributed by atoms with van der Waals surface area (Å²) in [4.78, 5) is 0. The number of fused-ring (bicyclic) bond motifs is 10. The third-order valence-corrected chi connectivity index (χ3v) is 12.4. The van der Waals surface area contributed by atoms with Crippen molar-refractivity contribution in [1.29, 1.82) is 0 Å². The molecule has 0 N–H and O–H groups in total. The SMILES string of the molecule is CCc1ccc2c(c1)[Si]1(c3cc(C)ccc3-2)c2cc(C)ccc2-c2ccc(CC)cc21. The second-order valence-corrected chi connectivity index (χ2v) is 13.0. The summed E-state index contributed by atoms with van der Waals surface area (Å²) >= 11 is 0. The Bertz CT molecular complexity index is 1270. The van der Waals surface area contributed by atoms with Gasteiger partial charge in [0.1, 0.15) is 0 Å². The van der Waals surface area contributed by atoms with Crippen LogP contribution in [0.1, 0.15) is 36.1 Å². The molecule has 2 aliphatic heterocycles. The molecule has 0 amide bonds. The highest BCUT2D eigenvalue weighted by Crippen LogP contribution is 2.37. The second-order valence-electron chi connectivity index (χ2n) is 9.32. The lowest BCUT2D eigenvalue weighted by Crippen LogP contribution is -2.71. The summed E-state index contributed by atoms with van der Waals surface area (Å²) in [7, 11) is -2.31. The Morgan fingerprint density at radius 2 is 0.839 bits per heavy atom. The van der Waals surface area contributed by atoms with Crippen LogP contribution in [0.2, 0.25) is 0 Å². The van der Waals surface area contributed by atoms with Gasteiger partial charge in [0, 0.05) is 0 Å². The van der Waals surface area contributed by atoms with E-state index >= 15 is 0 Å². The number of hydrogen-bond acceptors (Lipinski definition) is 0. The normalized spacial score (nSPS) is 14.3. The van der Waals surface area contributed by atoms with E-state index < -0.39 is 8.07 Å². The molecule has 4 aromatic rings. The van der Waals surface area contributed by atoms with Crippen molar-refractivity contribution in [2.75, 3.05) is 0 Å². The van der Waals surface area contributed by atoms with Gasteiger partial charge in [-0.15, -0.1) is 0 Å². The molecular weight excluding hydrogens is 388 g/mol. The Labute approximate surface area is 186 Å². The molecule has 0 nitrogen and oxygen atoms in total. The first kappa shape index (κ1) is 18.8. The molecule has 152 valence electrons. The molecule has 2 aliphatic rings. The quantitative estimate of drug-likeness (QED) is 0.357. The van der Waals surface area contributed by atoms with E-state index in [1.165, 1.54) is 44.5 Å². The molecule has 0 atom stereocenters. The third-order valence-electron chi connectivity index (χ3n) is 7.53. The maximum Gasteiger partial charge on any atom is 0.182 e. The van der Waals surface area contributed by atoms with Gasteiger partial charge in [-0.3, -0.25) is 0 Å². The van der Waals surface area contributed by atoms with Crippen molar-refractivity contribution in [2.45, 2.75) is 40.5 Å². The first-order chi connectivity index (χ1) is 15.1. The summed E-state index contributed by atoms with van der Waals surface area (Å²) in [5, 5.41) is 6.39. The van der Waals surface area contributed by atoms with Crippen LogP contribution < -0.4 is 20.7 Å². The van der Waals surface area contributed by atoms with E-state index in [0.717, 1.165) is 12.8 Å². The Morgan fingerprint density at radius 3 is 1.23 bits per heavy atom. The largest absolute Gasteiger partial charge is 0.182 e. The lowest BCUT2D eigenvalue weighted by molar-refractivity contribution is 1.14. The predicted octanol–water partition coefficient (Wildman–Crippen LogP) is 4.77. The summed E-state index contributed by atoms with van der Waals surface area (Å²) in [6, 6.07) is 29.0. The van der Waals surface area contributed by atoms with Gasteiger partial charge in [0.05, 0.1) is 0 Å². The number of rotatable bonds is 2. The van der Waals surface area contributed by atoms with Crippen molar-refractivity contribution in [2.24, 2.45) is 0 Å². The monoisotopic (exact) mass is 416 g/mol. The molecule has 0 radical (unpaired) electrons. The molecule has 31 heavy (non-hydrogen) atoms. The molecular formula is C30H28Si. The van der Waals surface area contributed by atoms with E-state index in [0.29, 0.717) is 0 Å². The highest BCUT2D eigenvalue weighted by Gasteiger charge is 2.54. The zero-order chi connectivity index (χ0) is 21.3. The van der Waals surface area contributed by atoms with Crippen LogP contribution in [-0.2, 0) is 12.8 Å². The van der Waals surface area contributed by atoms with E-state index in [1.54, 1.807) is 20.7 Å². The van der Waals surface area contributed by atoms with Crippen molar-refractivity contribution < 1.29 is 0 Å². The fourth-order valence-corrected chi connectivity index (χ4v) is 11.9. The maximum atomic E-state index is 2.55. The van der Waals surface area contributed by atoms with Crippen LogP contribution in [0.15, 0.2) is 72.8 Å². The lowest BCUT2D eigenvalue weighted by Gasteiger charge is -2.29. The molecule has 6 rings (SSSR count). The summed E-state index contributed by atoms with van der Waals surface area (Å²) < 4.78 is 0. The molecule has 4 aromatic carbocycles. The van der Waals surface area contributed by atoms with E-state index in [2.05, 4.69) is 100 Å². The van der Waals surface area contributed by atoms with Crippen molar-refractivity contribution in [3.05, 3.63) is 95.1 Å². The van der Waals surface area contributed by atoms with E-state index in [9.17, 15) is 0 Å². The third kappa shape index (κ3) is 2.36. The molecule has 0 saturated heterocycles. The van der Waals surface area contributed by atoms with Crippen LogP contribution >= 0.6 is 0 Å². The number of hydrogen-bond donors (Lipinski definition) is 0. The lowest BCUT2D eigenvalue weighted by atomic mass is 10.0. The van der Waals surface area contributed by atoms with Gasteiger partial charge in [-0.1, -0.05) is 97.8 Å². The Morgan fingerprint density at radius 1 is 0.484 bits per heavy atom. The van der Waals surface area contributed by atoms with Crippen LogP contribution in [0, 0.1) is 13.8 Å². The molecule has 1 heteroatoms. The Hall–Kier alpha value is -2.90. The van der Waals surface area contributed by atoms with Gasteiger partial charge in [-0.25, -0.2) is 0 Å². The van der Waals surface area contributed by atoms with Crippen molar-refractivity contribution in [3.63, 3.8) is 0 Å². The fraction of sp³-hybridized carbons (Fsp3) is 0.200. The van der Waals surface area contributed by atoms with E-state index in [4.69, 9.17) is 0 Å². The van der Waals surface area contributed by atoms with Crippen LogP contribution in [0.5, 0.6) is 0 Å². The number of benzene rings is 4. The molecule has 0 aliphatic carbocycles. The summed E-state index contributed by atoms with van der Waals surface area (Å²) in [5.41, 5.74) is 11.5. The molecule has 2 heterocycles. The van der Waals surface area contributed by atoms with Gasteiger partial charge in [0.25, 0.3) is 0 Å². The Kier molecular flexibility index (Phi) is 3.98. The molecule has 0 fully saturated rings. The summed E-state index contributed by atoms with van der Waals surface area (Å²) in [5.74, 6) is 0. The molecule has 0 aromatic heterocycles. The maximum absolute atomic E-state index is 2.55. The minimum Gasteiger partial charge on any atom is -0.0613 e. The van der Waals surface area contributed by atoms with Gasteiger partial charge in [-0.2, -0.15) is 0 Å². The zero-order valence-corrected chi connectivity index (χ0v) is 19.8. The van der Waals surface area contributed by atoms with Gasteiger partial charge in [0.2, 0.25) is 0 Å². The second kappa shape index (κ2) is 6.55. The number of aryl methyl sites for hydroxylation is 4. The van der Waals surface area contributed by atoms with Crippen molar-refractivity contribution in [1.82, 2.24) is 0 Å². The average molecular weight is 417 g/mol. The van der Waals surface area contributed by atoms with Crippen LogP contribution in [0.25, 0.3) is 22.3 Å². The van der Waals surface area contributed by atoms with Crippen molar-refractivity contribution in [3.8, 4) is 22.3 Å². The van der Waals surface area contributed by atoms with Crippen LogP contribution in [-0.4, -0.2) is 8.07 Å². The standard InChI is InChI=1S/C30H28Si/c1-5-21-9-13-25-23-11-7-19(3)15-27(23)31(29(25)17-21)28-16-20(4)8-12-24(28)26-14-10-22(6-2)18-30(26)31/h7-18H,5-6H2,1-4H3. The van der Waals surface area contributed by atoms with Gasteiger partial charge in [0.15, 0.2) is 8.07 Å². The van der Waals surface area contributed by atoms with E-state index in [-0.39, 0.29) is 0 Å². The first-order valence-corrected chi connectivity index (χ1v) is 13.6. The molecule has 1 spiro atoms. The minimum atomic E-state index is -2.31. The smallest absolute Gasteiger partial charge is 0.0613 e. The first-order valence-electron chi connectivity index (χ1n) is 11.6. The highest BCUT2D eigenvalue weighted by molar-refractivity contribution is 7.24. The molecule has 0 unspecified atom stereocenters. The highest BCUT2D eigenvalue weighted by atomic mass is 28.3. The van der Waals surface area contributed by atoms with Gasteiger partial charge >= 0.3 is 0 Å². The minimum absolute atomic E-state index is 1.08. The summed E-state index contributed by atoms with van der Waals surface area (Å²) in [6.07, 6.45) is 2.16. The predicted molar refractivity (Wildman–Crippen MR) is 136 cm³/mol. The Balaban J connectivity index is 1.84. The summed E-state index contributed by atoms with van der Waals surface area (Å²) in [6.45, 7) is 9.05.